The second-order valence-electron chi connectivity index (χ2n) is 8.24. The summed E-state index contributed by atoms with van der Waals surface area (Å²) >= 11 is 6.20. The fraction of sp³-hybridized carbons (Fsp3) is 0.172. The first-order valence-corrected chi connectivity index (χ1v) is 11.8. The second kappa shape index (κ2) is 11.5. The number of carbonyl (C=O) groups is 2. The van der Waals surface area contributed by atoms with Gasteiger partial charge >= 0.3 is 0 Å². The minimum atomic E-state index is -0.718. The summed E-state index contributed by atoms with van der Waals surface area (Å²) in [4.78, 5) is 28.2. The average molecular weight is 487 g/mol. The molecule has 6 heteroatoms. The molecule has 4 aromatic rings. The normalized spacial score (nSPS) is 11.6. The van der Waals surface area contributed by atoms with E-state index >= 15 is 0 Å². The second-order valence-corrected chi connectivity index (χ2v) is 8.67. The van der Waals surface area contributed by atoms with Crippen LogP contribution < -0.4 is 10.1 Å². The molecular weight excluding hydrogens is 460 g/mol. The largest absolute Gasteiger partial charge is 0.483 e. The lowest BCUT2D eigenvalue weighted by molar-refractivity contribution is -0.142. The summed E-state index contributed by atoms with van der Waals surface area (Å²) < 4.78 is 5.99. The number of fused-ring (bicyclic) bond motifs is 1. The van der Waals surface area contributed by atoms with Gasteiger partial charge in [0, 0.05) is 30.4 Å². The fourth-order valence-electron chi connectivity index (χ4n) is 4.10. The van der Waals surface area contributed by atoms with E-state index in [1.54, 1.807) is 24.1 Å². The van der Waals surface area contributed by atoms with Crippen LogP contribution in [0.2, 0.25) is 5.02 Å². The number of benzene rings is 4. The Labute approximate surface area is 210 Å². The van der Waals surface area contributed by atoms with Crippen LogP contribution in [0.25, 0.3) is 10.8 Å². The van der Waals surface area contributed by atoms with Crippen LogP contribution in [0, 0.1) is 0 Å². The highest BCUT2D eigenvalue weighted by Crippen LogP contribution is 2.25. The molecule has 0 aliphatic carbocycles. The van der Waals surface area contributed by atoms with Gasteiger partial charge in [-0.05, 0) is 34.7 Å². The Balaban J connectivity index is 1.62. The predicted octanol–water partition coefficient (Wildman–Crippen LogP) is 5.26. The van der Waals surface area contributed by atoms with Crippen molar-refractivity contribution < 1.29 is 14.3 Å². The van der Waals surface area contributed by atoms with E-state index in [9.17, 15) is 9.59 Å². The number of nitrogens with zero attached hydrogens (tertiary/aromatic N) is 1. The van der Waals surface area contributed by atoms with Crippen LogP contribution in [0.5, 0.6) is 5.75 Å². The van der Waals surface area contributed by atoms with E-state index in [2.05, 4.69) is 5.32 Å². The first-order valence-electron chi connectivity index (χ1n) is 11.4. The van der Waals surface area contributed by atoms with Crippen LogP contribution >= 0.6 is 11.6 Å². The molecule has 2 amide bonds. The van der Waals surface area contributed by atoms with Gasteiger partial charge in [-0.3, -0.25) is 9.59 Å². The molecule has 0 aliphatic rings. The summed E-state index contributed by atoms with van der Waals surface area (Å²) in [6, 6.07) is 29.8. The number of hydrogen-bond donors (Lipinski definition) is 1. The molecule has 0 radical (unpaired) electrons. The third kappa shape index (κ3) is 6.19. The van der Waals surface area contributed by atoms with E-state index in [4.69, 9.17) is 16.3 Å². The third-order valence-electron chi connectivity index (χ3n) is 5.86. The lowest BCUT2D eigenvalue weighted by Gasteiger charge is -2.31. The van der Waals surface area contributed by atoms with Crippen LogP contribution in [0.1, 0.15) is 11.1 Å². The van der Waals surface area contributed by atoms with Gasteiger partial charge in [-0.15, -0.1) is 0 Å². The molecule has 4 rings (SSSR count). The van der Waals surface area contributed by atoms with Crippen molar-refractivity contribution in [1.29, 1.82) is 0 Å². The molecule has 0 bridgehead atoms. The minimum Gasteiger partial charge on any atom is -0.483 e. The summed E-state index contributed by atoms with van der Waals surface area (Å²) in [6.45, 7) is 0.0278. The Kier molecular flexibility index (Phi) is 8.01. The Morgan fingerprint density at radius 1 is 0.886 bits per heavy atom. The first-order chi connectivity index (χ1) is 17.0. The molecule has 0 aliphatic heterocycles. The van der Waals surface area contributed by atoms with E-state index in [0.29, 0.717) is 17.2 Å². The SMILES string of the molecule is CNC(=O)C(Cc1ccccc1)N(Cc1cccc(Cl)c1)C(=O)COc1cccc2ccccc12. The van der Waals surface area contributed by atoms with Crippen molar-refractivity contribution in [1.82, 2.24) is 10.2 Å². The first kappa shape index (κ1) is 24.3. The number of rotatable bonds is 9. The van der Waals surface area contributed by atoms with Gasteiger partial charge in [0.1, 0.15) is 11.8 Å². The number of carbonyl (C=O) groups excluding carboxylic acids is 2. The van der Waals surface area contributed by atoms with E-state index < -0.39 is 6.04 Å². The molecule has 1 N–H and O–H groups in total. The molecule has 4 aromatic carbocycles. The summed E-state index contributed by atoms with van der Waals surface area (Å²) in [5.74, 6) is 0.0931. The zero-order valence-corrected chi connectivity index (χ0v) is 20.2. The Bertz CT molecular complexity index is 1300. The maximum absolute atomic E-state index is 13.6. The molecule has 0 spiro atoms. The molecular formula is C29H27ClN2O3. The summed E-state index contributed by atoms with van der Waals surface area (Å²) in [6.07, 6.45) is 0.376. The van der Waals surface area contributed by atoms with Crippen molar-refractivity contribution in [3.05, 3.63) is 113 Å². The highest BCUT2D eigenvalue weighted by Gasteiger charge is 2.30. The number of likely N-dealkylation sites (N-methyl/N-ethyl adjacent to an activating group) is 1. The fourth-order valence-corrected chi connectivity index (χ4v) is 4.31. The van der Waals surface area contributed by atoms with Crippen molar-refractivity contribution in [3.8, 4) is 5.75 Å². The number of ether oxygens (including phenoxy) is 1. The monoisotopic (exact) mass is 486 g/mol. The maximum atomic E-state index is 13.6. The highest BCUT2D eigenvalue weighted by atomic mass is 35.5. The Morgan fingerprint density at radius 3 is 2.34 bits per heavy atom. The zero-order valence-electron chi connectivity index (χ0n) is 19.5. The van der Waals surface area contributed by atoms with E-state index in [-0.39, 0.29) is 25.0 Å². The summed E-state index contributed by atoms with van der Waals surface area (Å²) in [5.41, 5.74) is 1.79. The lowest BCUT2D eigenvalue weighted by Crippen LogP contribution is -2.51. The van der Waals surface area contributed by atoms with Gasteiger partial charge in [-0.1, -0.05) is 90.5 Å². The summed E-state index contributed by atoms with van der Waals surface area (Å²) in [5, 5.41) is 5.24. The van der Waals surface area contributed by atoms with E-state index in [1.807, 2.05) is 84.9 Å². The van der Waals surface area contributed by atoms with Crippen LogP contribution in [0.4, 0.5) is 0 Å². The maximum Gasteiger partial charge on any atom is 0.261 e. The quantitative estimate of drug-likeness (QED) is 0.351. The van der Waals surface area contributed by atoms with Gasteiger partial charge in [-0.25, -0.2) is 0 Å². The molecule has 0 aromatic heterocycles. The highest BCUT2D eigenvalue weighted by molar-refractivity contribution is 6.30. The van der Waals surface area contributed by atoms with Gasteiger partial charge in [0.25, 0.3) is 5.91 Å². The van der Waals surface area contributed by atoms with E-state index in [1.165, 1.54) is 0 Å². The van der Waals surface area contributed by atoms with Crippen LogP contribution in [0.15, 0.2) is 97.1 Å². The van der Waals surface area contributed by atoms with Crippen molar-refractivity contribution in [3.63, 3.8) is 0 Å². The molecule has 5 nitrogen and oxygen atoms in total. The van der Waals surface area contributed by atoms with Crippen LogP contribution in [-0.4, -0.2) is 36.4 Å². The predicted molar refractivity (Wildman–Crippen MR) is 139 cm³/mol. The number of halogens is 1. The molecule has 1 unspecified atom stereocenters. The topological polar surface area (TPSA) is 58.6 Å². The Morgan fingerprint density at radius 2 is 1.57 bits per heavy atom. The molecule has 0 fully saturated rings. The Hall–Kier alpha value is -3.83. The molecule has 35 heavy (non-hydrogen) atoms. The molecule has 178 valence electrons. The standard InChI is InChI=1S/C29H27ClN2O3/c1-31-29(34)26(18-21-9-3-2-4-10-21)32(19-22-11-7-14-24(30)17-22)28(33)20-35-27-16-8-13-23-12-5-6-15-25(23)27/h2-17,26H,18-20H2,1H3,(H,31,34). The molecule has 1 atom stereocenters. The molecule has 0 saturated heterocycles. The van der Waals surface area contributed by atoms with Crippen molar-refractivity contribution >= 4 is 34.2 Å². The van der Waals surface area contributed by atoms with Crippen LogP contribution in [-0.2, 0) is 22.6 Å². The molecule has 0 saturated carbocycles. The smallest absolute Gasteiger partial charge is 0.261 e. The molecule has 0 heterocycles. The average Bonchev–Trinajstić information content (AvgIpc) is 2.89. The third-order valence-corrected chi connectivity index (χ3v) is 6.10. The van der Waals surface area contributed by atoms with Gasteiger partial charge in [-0.2, -0.15) is 0 Å². The van der Waals surface area contributed by atoms with Crippen molar-refractivity contribution in [2.75, 3.05) is 13.7 Å². The number of amides is 2. The lowest BCUT2D eigenvalue weighted by atomic mass is 10.0. The van der Waals surface area contributed by atoms with Crippen molar-refractivity contribution in [2.45, 2.75) is 19.0 Å². The summed E-state index contributed by atoms with van der Waals surface area (Å²) in [7, 11) is 1.58. The van der Waals surface area contributed by atoms with E-state index in [0.717, 1.165) is 21.9 Å². The van der Waals surface area contributed by atoms with Gasteiger partial charge in [0.05, 0.1) is 0 Å². The van der Waals surface area contributed by atoms with Crippen molar-refractivity contribution in [2.24, 2.45) is 0 Å². The van der Waals surface area contributed by atoms with Gasteiger partial charge in [0.2, 0.25) is 5.91 Å². The number of hydrogen-bond acceptors (Lipinski definition) is 3. The zero-order chi connectivity index (χ0) is 24.6. The van der Waals surface area contributed by atoms with Gasteiger partial charge < -0.3 is 15.0 Å². The van der Waals surface area contributed by atoms with Crippen LogP contribution in [0.3, 0.4) is 0 Å². The minimum absolute atomic E-state index is 0.198. The number of nitrogens with one attached hydrogen (secondary N) is 1. The van der Waals surface area contributed by atoms with Gasteiger partial charge in [0.15, 0.2) is 6.61 Å².